The van der Waals surface area contributed by atoms with Crippen molar-refractivity contribution in [2.45, 2.75) is 31.7 Å². The number of ether oxygens (including phenoxy) is 1. The number of rotatable bonds is 5. The summed E-state index contributed by atoms with van der Waals surface area (Å²) in [7, 11) is 0. The standard InChI is InChI=1S/C13H19NO/c14-12(9-11-5-4-6-11)10-15-13-7-2-1-3-8-13/h1-3,7-8,11-12H,4-6,9-10,14H2. The van der Waals surface area contributed by atoms with E-state index in [2.05, 4.69) is 0 Å². The zero-order valence-electron chi connectivity index (χ0n) is 9.06. The summed E-state index contributed by atoms with van der Waals surface area (Å²) in [4.78, 5) is 0. The molecule has 0 spiro atoms. The molecule has 0 aromatic heterocycles. The first-order valence-electron chi connectivity index (χ1n) is 5.78. The van der Waals surface area contributed by atoms with Crippen molar-refractivity contribution in [1.29, 1.82) is 0 Å². The molecule has 0 heterocycles. The van der Waals surface area contributed by atoms with Gasteiger partial charge in [0.25, 0.3) is 0 Å². The molecule has 2 rings (SSSR count). The van der Waals surface area contributed by atoms with Crippen LogP contribution in [0.25, 0.3) is 0 Å². The minimum atomic E-state index is 0.190. The average Bonchev–Trinajstić information content (AvgIpc) is 2.22. The van der Waals surface area contributed by atoms with Crippen molar-refractivity contribution in [2.24, 2.45) is 11.7 Å². The highest BCUT2D eigenvalue weighted by atomic mass is 16.5. The molecule has 0 radical (unpaired) electrons. The Hall–Kier alpha value is -1.02. The highest BCUT2D eigenvalue weighted by Gasteiger charge is 2.20. The molecule has 2 heteroatoms. The van der Waals surface area contributed by atoms with Gasteiger partial charge in [-0.15, -0.1) is 0 Å². The van der Waals surface area contributed by atoms with Gasteiger partial charge in [0.2, 0.25) is 0 Å². The molecule has 0 saturated heterocycles. The van der Waals surface area contributed by atoms with E-state index in [0.29, 0.717) is 6.61 Å². The summed E-state index contributed by atoms with van der Waals surface area (Å²) in [5, 5.41) is 0. The van der Waals surface area contributed by atoms with E-state index in [1.54, 1.807) is 0 Å². The average molecular weight is 205 g/mol. The maximum Gasteiger partial charge on any atom is 0.119 e. The van der Waals surface area contributed by atoms with E-state index in [-0.39, 0.29) is 6.04 Å². The van der Waals surface area contributed by atoms with Crippen LogP contribution in [-0.2, 0) is 0 Å². The molecule has 0 aliphatic heterocycles. The lowest BCUT2D eigenvalue weighted by molar-refractivity contribution is 0.224. The van der Waals surface area contributed by atoms with E-state index in [4.69, 9.17) is 10.5 Å². The van der Waals surface area contributed by atoms with Crippen LogP contribution in [0, 0.1) is 5.92 Å². The van der Waals surface area contributed by atoms with Gasteiger partial charge < -0.3 is 10.5 Å². The second kappa shape index (κ2) is 5.17. The molecule has 0 amide bonds. The Morgan fingerprint density at radius 3 is 2.60 bits per heavy atom. The van der Waals surface area contributed by atoms with Crippen LogP contribution in [-0.4, -0.2) is 12.6 Å². The Morgan fingerprint density at radius 2 is 2.00 bits per heavy atom. The number of nitrogens with two attached hydrogens (primary N) is 1. The van der Waals surface area contributed by atoms with Gasteiger partial charge in [-0.25, -0.2) is 0 Å². The van der Waals surface area contributed by atoms with Crippen LogP contribution in [0.3, 0.4) is 0 Å². The lowest BCUT2D eigenvalue weighted by Gasteiger charge is -2.27. The molecule has 1 aliphatic rings. The zero-order chi connectivity index (χ0) is 10.5. The minimum Gasteiger partial charge on any atom is -0.492 e. The topological polar surface area (TPSA) is 35.2 Å². The first-order chi connectivity index (χ1) is 7.34. The van der Waals surface area contributed by atoms with Crippen molar-refractivity contribution in [3.05, 3.63) is 30.3 Å². The second-order valence-corrected chi connectivity index (χ2v) is 4.42. The molecule has 1 aromatic rings. The first kappa shape index (κ1) is 10.5. The molecule has 2 N–H and O–H groups in total. The van der Waals surface area contributed by atoms with Gasteiger partial charge in [-0.3, -0.25) is 0 Å². The van der Waals surface area contributed by atoms with Crippen molar-refractivity contribution in [3.8, 4) is 5.75 Å². The van der Waals surface area contributed by atoms with Gasteiger partial charge in [-0.2, -0.15) is 0 Å². The molecular formula is C13H19NO. The van der Waals surface area contributed by atoms with E-state index in [1.807, 2.05) is 30.3 Å². The predicted octanol–water partition coefficient (Wildman–Crippen LogP) is 2.58. The summed E-state index contributed by atoms with van der Waals surface area (Å²) in [5.41, 5.74) is 6.01. The van der Waals surface area contributed by atoms with E-state index >= 15 is 0 Å². The maximum absolute atomic E-state index is 6.01. The Balaban J connectivity index is 1.68. The lowest BCUT2D eigenvalue weighted by atomic mass is 9.81. The fraction of sp³-hybridized carbons (Fsp3) is 0.538. The van der Waals surface area contributed by atoms with Crippen molar-refractivity contribution in [3.63, 3.8) is 0 Å². The molecular weight excluding hydrogens is 186 g/mol. The Morgan fingerprint density at radius 1 is 1.27 bits per heavy atom. The van der Waals surface area contributed by atoms with E-state index in [1.165, 1.54) is 19.3 Å². The van der Waals surface area contributed by atoms with Gasteiger partial charge in [0.05, 0.1) is 0 Å². The maximum atomic E-state index is 6.01. The molecule has 1 fully saturated rings. The highest BCUT2D eigenvalue weighted by Crippen LogP contribution is 2.30. The highest BCUT2D eigenvalue weighted by molar-refractivity contribution is 5.20. The van der Waals surface area contributed by atoms with Crippen LogP contribution in [0.4, 0.5) is 0 Å². The number of hydrogen-bond acceptors (Lipinski definition) is 2. The van der Waals surface area contributed by atoms with E-state index in [9.17, 15) is 0 Å². The number of benzene rings is 1. The summed E-state index contributed by atoms with van der Waals surface area (Å²) in [6.07, 6.45) is 5.22. The van der Waals surface area contributed by atoms with Crippen molar-refractivity contribution >= 4 is 0 Å². The zero-order valence-corrected chi connectivity index (χ0v) is 9.06. The van der Waals surface area contributed by atoms with Crippen molar-refractivity contribution in [2.75, 3.05) is 6.61 Å². The Kier molecular flexibility index (Phi) is 3.62. The fourth-order valence-corrected chi connectivity index (χ4v) is 1.94. The number of para-hydroxylation sites is 1. The summed E-state index contributed by atoms with van der Waals surface area (Å²) in [6.45, 7) is 0.639. The fourth-order valence-electron chi connectivity index (χ4n) is 1.94. The van der Waals surface area contributed by atoms with Crippen LogP contribution in [0.5, 0.6) is 5.75 Å². The molecule has 1 aliphatic carbocycles. The smallest absolute Gasteiger partial charge is 0.119 e. The SMILES string of the molecule is NC(COc1ccccc1)CC1CCC1. The molecule has 1 aromatic carbocycles. The van der Waals surface area contributed by atoms with Gasteiger partial charge in [0.1, 0.15) is 12.4 Å². The van der Waals surface area contributed by atoms with Gasteiger partial charge in [0, 0.05) is 6.04 Å². The van der Waals surface area contributed by atoms with Gasteiger partial charge in [-0.1, -0.05) is 37.5 Å². The first-order valence-corrected chi connectivity index (χ1v) is 5.78. The quantitative estimate of drug-likeness (QED) is 0.802. The Bertz CT molecular complexity index is 282. The largest absolute Gasteiger partial charge is 0.492 e. The molecule has 1 unspecified atom stereocenters. The molecule has 2 nitrogen and oxygen atoms in total. The molecule has 0 bridgehead atoms. The van der Waals surface area contributed by atoms with Crippen molar-refractivity contribution in [1.82, 2.24) is 0 Å². The summed E-state index contributed by atoms with van der Waals surface area (Å²) in [5.74, 6) is 1.78. The van der Waals surface area contributed by atoms with Crippen LogP contribution >= 0.6 is 0 Å². The lowest BCUT2D eigenvalue weighted by Crippen LogP contribution is -2.32. The van der Waals surface area contributed by atoms with Crippen molar-refractivity contribution < 1.29 is 4.74 Å². The summed E-state index contributed by atoms with van der Waals surface area (Å²) >= 11 is 0. The minimum absolute atomic E-state index is 0.190. The third-order valence-electron chi connectivity index (χ3n) is 3.07. The van der Waals surface area contributed by atoms with Gasteiger partial charge >= 0.3 is 0 Å². The third kappa shape index (κ3) is 3.24. The van der Waals surface area contributed by atoms with Crippen LogP contribution in [0.1, 0.15) is 25.7 Å². The summed E-state index contributed by atoms with van der Waals surface area (Å²) in [6, 6.07) is 10.1. The molecule has 15 heavy (non-hydrogen) atoms. The summed E-state index contributed by atoms with van der Waals surface area (Å²) < 4.78 is 5.61. The molecule has 82 valence electrons. The monoisotopic (exact) mass is 205 g/mol. The van der Waals surface area contributed by atoms with E-state index < -0.39 is 0 Å². The third-order valence-corrected chi connectivity index (χ3v) is 3.07. The van der Waals surface area contributed by atoms with Crippen LogP contribution < -0.4 is 10.5 Å². The van der Waals surface area contributed by atoms with Crippen LogP contribution in [0.15, 0.2) is 30.3 Å². The molecule has 1 saturated carbocycles. The van der Waals surface area contributed by atoms with Gasteiger partial charge in [0.15, 0.2) is 0 Å². The second-order valence-electron chi connectivity index (χ2n) is 4.42. The Labute approximate surface area is 91.4 Å². The van der Waals surface area contributed by atoms with Crippen LogP contribution in [0.2, 0.25) is 0 Å². The number of hydrogen-bond donors (Lipinski definition) is 1. The predicted molar refractivity (Wildman–Crippen MR) is 61.9 cm³/mol. The van der Waals surface area contributed by atoms with E-state index in [0.717, 1.165) is 18.1 Å². The van der Waals surface area contributed by atoms with Gasteiger partial charge in [-0.05, 0) is 24.5 Å². The molecule has 1 atom stereocenters. The normalized spacial score (nSPS) is 18.2.